The van der Waals surface area contributed by atoms with Gasteiger partial charge in [-0.15, -0.1) is 0 Å². The number of esters is 1. The van der Waals surface area contributed by atoms with Crippen LogP contribution in [0.4, 0.5) is 0 Å². The molecule has 0 fully saturated rings. The van der Waals surface area contributed by atoms with E-state index >= 15 is 0 Å². The highest BCUT2D eigenvalue weighted by atomic mass is 16.5. The van der Waals surface area contributed by atoms with E-state index in [0.29, 0.717) is 11.3 Å². The fraction of sp³-hybridized carbons (Fsp3) is 0.231. The van der Waals surface area contributed by atoms with E-state index in [2.05, 4.69) is 15.0 Å². The van der Waals surface area contributed by atoms with Crippen molar-refractivity contribution in [2.45, 2.75) is 13.8 Å². The Morgan fingerprint density at radius 1 is 1.47 bits per heavy atom. The summed E-state index contributed by atoms with van der Waals surface area (Å²) in [4.78, 5) is 33.8. The van der Waals surface area contributed by atoms with Crippen molar-refractivity contribution in [1.29, 1.82) is 0 Å². The second-order valence-corrected chi connectivity index (χ2v) is 3.85. The first-order chi connectivity index (χ1) is 9.13. The maximum absolute atomic E-state index is 12.0. The highest BCUT2D eigenvalue weighted by Crippen LogP contribution is 2.21. The molecule has 0 spiro atoms. The molecule has 0 bridgehead atoms. The standard InChI is InChI=1S/C13H13N3O3/c1-3-19-12(17)10-8(2)15-13(18)16-11(10)9-5-4-6-14-7-9/h4-7H,3H2,1-2H3,(H,15,16,18). The van der Waals surface area contributed by atoms with Crippen LogP contribution < -0.4 is 5.69 Å². The quantitative estimate of drug-likeness (QED) is 0.840. The number of hydrogen-bond acceptors (Lipinski definition) is 5. The minimum atomic E-state index is -0.511. The van der Waals surface area contributed by atoms with Gasteiger partial charge in [0.1, 0.15) is 5.56 Å². The van der Waals surface area contributed by atoms with Crippen LogP contribution in [-0.4, -0.2) is 27.5 Å². The topological polar surface area (TPSA) is 84.9 Å². The number of H-pyrrole nitrogens is 1. The molecule has 1 N–H and O–H groups in total. The number of nitrogens with zero attached hydrogens (tertiary/aromatic N) is 2. The van der Waals surface area contributed by atoms with E-state index in [0.717, 1.165) is 0 Å². The molecule has 0 aliphatic rings. The first-order valence-corrected chi connectivity index (χ1v) is 5.82. The first-order valence-electron chi connectivity index (χ1n) is 5.82. The second-order valence-electron chi connectivity index (χ2n) is 3.85. The number of carbonyl (C=O) groups is 1. The molecule has 0 aromatic carbocycles. The second kappa shape index (κ2) is 5.43. The van der Waals surface area contributed by atoms with Gasteiger partial charge in [0.25, 0.3) is 0 Å². The zero-order valence-electron chi connectivity index (χ0n) is 10.6. The van der Waals surface area contributed by atoms with E-state index in [9.17, 15) is 9.59 Å². The van der Waals surface area contributed by atoms with Crippen LogP contribution in [0, 0.1) is 6.92 Å². The van der Waals surface area contributed by atoms with Crippen LogP contribution in [0.1, 0.15) is 23.0 Å². The Kier molecular flexibility index (Phi) is 3.70. The normalized spacial score (nSPS) is 10.2. The Balaban J connectivity index is 2.65. The predicted molar refractivity (Wildman–Crippen MR) is 68.8 cm³/mol. The summed E-state index contributed by atoms with van der Waals surface area (Å²) in [6.07, 6.45) is 3.15. The van der Waals surface area contributed by atoms with Crippen molar-refractivity contribution in [3.63, 3.8) is 0 Å². The molecule has 6 heteroatoms. The summed E-state index contributed by atoms with van der Waals surface area (Å²) in [5, 5.41) is 0. The van der Waals surface area contributed by atoms with Gasteiger partial charge >= 0.3 is 11.7 Å². The summed E-state index contributed by atoms with van der Waals surface area (Å²) in [7, 11) is 0. The lowest BCUT2D eigenvalue weighted by Crippen LogP contribution is -2.19. The maximum Gasteiger partial charge on any atom is 0.345 e. The van der Waals surface area contributed by atoms with Gasteiger partial charge in [0, 0.05) is 23.7 Å². The molecule has 0 saturated heterocycles. The third-order valence-electron chi connectivity index (χ3n) is 2.53. The summed E-state index contributed by atoms with van der Waals surface area (Å²) in [6.45, 7) is 3.61. The average Bonchev–Trinajstić information content (AvgIpc) is 2.39. The van der Waals surface area contributed by atoms with Crippen molar-refractivity contribution in [2.24, 2.45) is 0 Å². The van der Waals surface area contributed by atoms with Crippen molar-refractivity contribution in [2.75, 3.05) is 6.61 Å². The largest absolute Gasteiger partial charge is 0.462 e. The summed E-state index contributed by atoms with van der Waals surface area (Å²) in [5.74, 6) is -0.511. The number of hydrogen-bond donors (Lipinski definition) is 1. The van der Waals surface area contributed by atoms with Gasteiger partial charge in [-0.2, -0.15) is 4.98 Å². The molecule has 2 aromatic rings. The molecule has 0 radical (unpaired) electrons. The maximum atomic E-state index is 12.0. The number of rotatable bonds is 3. The lowest BCUT2D eigenvalue weighted by Gasteiger charge is -2.09. The van der Waals surface area contributed by atoms with E-state index < -0.39 is 11.7 Å². The third kappa shape index (κ3) is 2.67. The van der Waals surface area contributed by atoms with Gasteiger partial charge in [-0.05, 0) is 26.0 Å². The molecule has 98 valence electrons. The molecule has 0 aliphatic heterocycles. The van der Waals surface area contributed by atoms with Gasteiger partial charge in [0.15, 0.2) is 0 Å². The molecule has 0 atom stereocenters. The van der Waals surface area contributed by atoms with Crippen LogP contribution in [0.15, 0.2) is 29.3 Å². The van der Waals surface area contributed by atoms with Gasteiger partial charge in [0.05, 0.1) is 12.3 Å². The molecule has 19 heavy (non-hydrogen) atoms. The molecular weight excluding hydrogens is 246 g/mol. The van der Waals surface area contributed by atoms with Gasteiger partial charge in [0.2, 0.25) is 0 Å². The Labute approximate surface area is 109 Å². The first kappa shape index (κ1) is 12.9. The van der Waals surface area contributed by atoms with Crippen LogP contribution >= 0.6 is 0 Å². The van der Waals surface area contributed by atoms with E-state index in [1.165, 1.54) is 0 Å². The fourth-order valence-electron chi connectivity index (χ4n) is 1.75. The highest BCUT2D eigenvalue weighted by Gasteiger charge is 2.19. The van der Waals surface area contributed by atoms with Crippen molar-refractivity contribution in [3.05, 3.63) is 46.3 Å². The van der Waals surface area contributed by atoms with Gasteiger partial charge < -0.3 is 9.72 Å². The van der Waals surface area contributed by atoms with Crippen molar-refractivity contribution in [3.8, 4) is 11.3 Å². The van der Waals surface area contributed by atoms with Crippen molar-refractivity contribution in [1.82, 2.24) is 15.0 Å². The summed E-state index contributed by atoms with van der Waals surface area (Å²) in [5.41, 5.74) is 1.06. The smallest absolute Gasteiger partial charge is 0.345 e. The van der Waals surface area contributed by atoms with Gasteiger partial charge in [-0.1, -0.05) is 0 Å². The predicted octanol–water partition coefficient (Wildman–Crippen LogP) is 1.32. The molecular formula is C13H13N3O3. The zero-order valence-corrected chi connectivity index (χ0v) is 10.6. The minimum absolute atomic E-state index is 0.254. The van der Waals surface area contributed by atoms with Crippen LogP contribution in [0.2, 0.25) is 0 Å². The number of ether oxygens (including phenoxy) is 1. The van der Waals surface area contributed by atoms with Gasteiger partial charge in [-0.3, -0.25) is 4.98 Å². The number of carbonyl (C=O) groups excluding carboxylic acids is 1. The molecule has 6 nitrogen and oxygen atoms in total. The monoisotopic (exact) mass is 259 g/mol. The van der Waals surface area contributed by atoms with Crippen LogP contribution in [-0.2, 0) is 4.74 Å². The van der Waals surface area contributed by atoms with Crippen LogP contribution in [0.3, 0.4) is 0 Å². The summed E-state index contributed by atoms with van der Waals surface area (Å²) in [6, 6.07) is 3.44. The van der Waals surface area contributed by atoms with E-state index in [1.807, 2.05) is 0 Å². The molecule has 0 aliphatic carbocycles. The van der Waals surface area contributed by atoms with Gasteiger partial charge in [-0.25, -0.2) is 9.59 Å². The van der Waals surface area contributed by atoms with Crippen LogP contribution in [0.25, 0.3) is 11.3 Å². The minimum Gasteiger partial charge on any atom is -0.462 e. The summed E-state index contributed by atoms with van der Waals surface area (Å²) < 4.78 is 4.99. The third-order valence-corrected chi connectivity index (χ3v) is 2.53. The SMILES string of the molecule is CCOC(=O)c1c(-c2cccnc2)nc(=O)[nH]c1C. The zero-order chi connectivity index (χ0) is 13.8. The van der Waals surface area contributed by atoms with E-state index in [1.54, 1.807) is 38.4 Å². The molecule has 2 rings (SSSR count). The number of aryl methyl sites for hydroxylation is 1. The van der Waals surface area contributed by atoms with E-state index in [-0.39, 0.29) is 17.9 Å². The lowest BCUT2D eigenvalue weighted by atomic mass is 10.1. The van der Waals surface area contributed by atoms with Crippen LogP contribution in [0.5, 0.6) is 0 Å². The Hall–Kier alpha value is -2.50. The number of nitrogens with one attached hydrogen (secondary N) is 1. The lowest BCUT2D eigenvalue weighted by molar-refractivity contribution is 0.0525. The molecule has 0 unspecified atom stereocenters. The number of aromatic nitrogens is 3. The Morgan fingerprint density at radius 3 is 2.89 bits per heavy atom. The molecule has 0 amide bonds. The fourth-order valence-corrected chi connectivity index (χ4v) is 1.75. The van der Waals surface area contributed by atoms with Crippen molar-refractivity contribution >= 4 is 5.97 Å². The Bertz CT molecular complexity index is 650. The Morgan fingerprint density at radius 2 is 2.26 bits per heavy atom. The molecule has 2 heterocycles. The number of pyridine rings is 1. The highest BCUT2D eigenvalue weighted by molar-refractivity contribution is 5.97. The molecule has 2 aromatic heterocycles. The number of aromatic amines is 1. The average molecular weight is 259 g/mol. The summed E-state index contributed by atoms with van der Waals surface area (Å²) >= 11 is 0. The van der Waals surface area contributed by atoms with E-state index in [4.69, 9.17) is 4.74 Å². The van der Waals surface area contributed by atoms with Crippen molar-refractivity contribution < 1.29 is 9.53 Å². The molecule has 0 saturated carbocycles.